The van der Waals surface area contributed by atoms with E-state index in [-0.39, 0.29) is 19.5 Å². The van der Waals surface area contributed by atoms with Gasteiger partial charge in [-0.05, 0) is 0 Å². The van der Waals surface area contributed by atoms with Gasteiger partial charge in [0, 0.05) is 12.4 Å². The minimum atomic E-state index is -3.24. The summed E-state index contributed by atoms with van der Waals surface area (Å²) in [5.41, 5.74) is 0. The molecule has 0 rings (SSSR count). The van der Waals surface area contributed by atoms with Crippen LogP contribution in [0, 0.1) is 0 Å². The van der Waals surface area contributed by atoms with E-state index in [1.165, 1.54) is 0 Å². The summed E-state index contributed by atoms with van der Waals surface area (Å²) in [6.07, 6.45) is -1.41. The Morgan fingerprint density at radius 3 is 1.92 bits per heavy atom. The Hall–Kier alpha value is -0.557. The van der Waals surface area contributed by atoms with Crippen molar-refractivity contribution in [3.05, 3.63) is 0 Å². The molecule has 64 valence electrons. The molecule has 12 heavy (non-hydrogen) atoms. The number of carbonyl (C=O) groups is 2. The van der Waals surface area contributed by atoms with Crippen LogP contribution in [0.2, 0.25) is 0 Å². The van der Waals surface area contributed by atoms with Crippen molar-refractivity contribution in [2.45, 2.75) is 12.2 Å². The fourth-order valence-corrected chi connectivity index (χ4v) is 0.337. The summed E-state index contributed by atoms with van der Waals surface area (Å²) in [7, 11) is 0. The van der Waals surface area contributed by atoms with Gasteiger partial charge in [-0.3, -0.25) is 0 Å². The molecule has 2 N–H and O–H groups in total. The largest absolute Gasteiger partial charge is 2.00 e. The fraction of sp³-hybridized carbons (Fsp3) is 0.500. The molecule has 8 heteroatoms. The zero-order valence-electron chi connectivity index (χ0n) is 5.85. The van der Waals surface area contributed by atoms with Crippen molar-refractivity contribution >= 4 is 11.9 Å². The fourth-order valence-electron chi connectivity index (χ4n) is 0.337. The Bertz CT molecular complexity index is 180. The third-order valence-corrected chi connectivity index (χ3v) is 0.854. The smallest absolute Gasteiger partial charge is 0.550 e. The van der Waals surface area contributed by atoms with Gasteiger partial charge in [0.25, 0.3) is 0 Å². The summed E-state index contributed by atoms with van der Waals surface area (Å²) < 4.78 is 0. The van der Waals surface area contributed by atoms with Crippen LogP contribution < -0.4 is 10.2 Å². The van der Waals surface area contributed by atoms with Gasteiger partial charge in [0.05, 0.1) is 0 Å². The maximum absolute atomic E-state index is 9.85. The molecule has 0 radical (unpaired) electrons. The Morgan fingerprint density at radius 1 is 1.42 bits per heavy atom. The van der Waals surface area contributed by atoms with Crippen molar-refractivity contribution < 1.29 is 54.5 Å². The van der Waals surface area contributed by atoms with Crippen LogP contribution in [0.1, 0.15) is 6.42 Å². The summed E-state index contributed by atoms with van der Waals surface area (Å²) in [5.74, 6) is -7.39. The number of carboxylic acid groups (broad SMARTS) is 2. The maximum Gasteiger partial charge on any atom is 2.00 e. The van der Waals surface area contributed by atoms with Crippen molar-refractivity contribution in [2.75, 3.05) is 0 Å². The molecule has 0 amide bonds. The topological polar surface area (TPSA) is 130 Å². The van der Waals surface area contributed by atoms with Gasteiger partial charge in [-0.25, -0.2) is 5.26 Å². The predicted molar refractivity (Wildman–Crippen MR) is 23.3 cm³/mol. The summed E-state index contributed by atoms with van der Waals surface area (Å²) in [5, 5.41) is 35.8. The van der Waals surface area contributed by atoms with E-state index in [2.05, 4.69) is 4.89 Å². The average molecular weight is 229 g/mol. The summed E-state index contributed by atoms with van der Waals surface area (Å²) in [6, 6.07) is 0. The molecule has 0 bridgehead atoms. The number of hydrogen-bond acceptors (Lipinski definition) is 7. The van der Waals surface area contributed by atoms with E-state index in [1.807, 2.05) is 0 Å². The van der Waals surface area contributed by atoms with E-state index < -0.39 is 24.1 Å². The number of carbonyl (C=O) groups excluding carboxylic acids is 2. The van der Waals surface area contributed by atoms with Crippen LogP contribution in [0.15, 0.2) is 0 Å². The first-order valence-corrected chi connectivity index (χ1v) is 2.38. The van der Waals surface area contributed by atoms with Crippen LogP contribution in [0.5, 0.6) is 0 Å². The van der Waals surface area contributed by atoms with Crippen LogP contribution in [0.4, 0.5) is 0 Å². The van der Waals surface area contributed by atoms with Gasteiger partial charge in [-0.1, -0.05) is 0 Å². The van der Waals surface area contributed by atoms with Gasteiger partial charge in [0.2, 0.25) is 5.79 Å². The molecule has 0 aliphatic carbocycles. The van der Waals surface area contributed by atoms with Gasteiger partial charge in [-0.15, -0.1) is 0 Å². The van der Waals surface area contributed by atoms with E-state index in [0.29, 0.717) is 0 Å². The summed E-state index contributed by atoms with van der Waals surface area (Å²) in [4.78, 5) is 22.6. The molecule has 0 saturated heterocycles. The SMILES string of the molecule is O=C([O-])CC(O)(OO)C(=O)[O-].[Zn+2]. The molecule has 0 aliphatic rings. The van der Waals surface area contributed by atoms with Crippen molar-refractivity contribution in [2.24, 2.45) is 0 Å². The van der Waals surface area contributed by atoms with E-state index in [0.717, 1.165) is 0 Å². The molecule has 0 aromatic heterocycles. The monoisotopic (exact) mass is 228 g/mol. The van der Waals surface area contributed by atoms with Crippen molar-refractivity contribution in [1.29, 1.82) is 0 Å². The molecule has 1 atom stereocenters. The Morgan fingerprint density at radius 2 is 1.83 bits per heavy atom. The van der Waals surface area contributed by atoms with Crippen molar-refractivity contribution in [3.8, 4) is 0 Å². The van der Waals surface area contributed by atoms with Gasteiger partial charge in [-0.2, -0.15) is 4.89 Å². The molecule has 0 aromatic rings. The molecule has 0 aromatic carbocycles. The molecular formula is C4H4O7Zn. The molecular weight excluding hydrogens is 225 g/mol. The molecule has 0 heterocycles. The van der Waals surface area contributed by atoms with Gasteiger partial charge >= 0.3 is 19.5 Å². The minimum Gasteiger partial charge on any atom is -0.550 e. The molecule has 0 fully saturated rings. The number of aliphatic hydroxyl groups is 1. The first-order valence-electron chi connectivity index (χ1n) is 2.38. The summed E-state index contributed by atoms with van der Waals surface area (Å²) >= 11 is 0. The second-order valence-electron chi connectivity index (χ2n) is 1.71. The summed E-state index contributed by atoms with van der Waals surface area (Å²) in [6.45, 7) is 0. The van der Waals surface area contributed by atoms with Crippen LogP contribution in [0.25, 0.3) is 0 Å². The molecule has 1 unspecified atom stereocenters. The van der Waals surface area contributed by atoms with Crippen LogP contribution in [0.3, 0.4) is 0 Å². The quantitative estimate of drug-likeness (QED) is 0.218. The van der Waals surface area contributed by atoms with E-state index in [4.69, 9.17) is 10.4 Å². The first-order chi connectivity index (χ1) is 4.92. The number of carboxylic acids is 2. The van der Waals surface area contributed by atoms with E-state index in [1.54, 1.807) is 0 Å². The minimum absolute atomic E-state index is 0. The van der Waals surface area contributed by atoms with Gasteiger partial charge in [0.15, 0.2) is 0 Å². The van der Waals surface area contributed by atoms with E-state index >= 15 is 0 Å². The normalized spacial score (nSPS) is 14.2. The second kappa shape index (κ2) is 5.15. The Balaban J connectivity index is 0. The predicted octanol–water partition coefficient (Wildman–Crippen LogP) is -3.95. The van der Waals surface area contributed by atoms with E-state index in [9.17, 15) is 19.8 Å². The third-order valence-electron chi connectivity index (χ3n) is 0.854. The van der Waals surface area contributed by atoms with Crippen LogP contribution in [-0.2, 0) is 34.0 Å². The first kappa shape index (κ1) is 14.0. The van der Waals surface area contributed by atoms with Crippen molar-refractivity contribution in [3.63, 3.8) is 0 Å². The Kier molecular flexibility index (Phi) is 6.01. The Labute approximate surface area is 79.3 Å². The number of hydrogen-bond donors (Lipinski definition) is 2. The van der Waals surface area contributed by atoms with Crippen LogP contribution in [-0.4, -0.2) is 28.1 Å². The molecule has 0 spiro atoms. The molecule has 7 nitrogen and oxygen atoms in total. The van der Waals surface area contributed by atoms with Crippen molar-refractivity contribution in [1.82, 2.24) is 0 Å². The maximum atomic E-state index is 9.85. The number of rotatable bonds is 4. The van der Waals surface area contributed by atoms with Crippen LogP contribution >= 0.6 is 0 Å². The molecule has 0 saturated carbocycles. The average Bonchev–Trinajstić information content (AvgIpc) is 1.86. The van der Waals surface area contributed by atoms with Gasteiger partial charge in [0.1, 0.15) is 5.97 Å². The third kappa shape index (κ3) is 3.73. The van der Waals surface area contributed by atoms with Gasteiger partial charge < -0.3 is 24.9 Å². The zero-order valence-corrected chi connectivity index (χ0v) is 8.82. The molecule has 0 aliphatic heterocycles. The second-order valence-corrected chi connectivity index (χ2v) is 1.71. The number of aliphatic carboxylic acids is 2. The standard InChI is InChI=1S/C4H6O7.Zn/c5-2(6)1-4(9,11-10)3(7)8;/h9-10H,1H2,(H,5,6)(H,7,8);/q;+2/p-2. The zero-order chi connectivity index (χ0) is 9.07.